The van der Waals surface area contributed by atoms with Crippen LogP contribution in [-0.2, 0) is 10.1 Å². The predicted molar refractivity (Wildman–Crippen MR) is 25.2 cm³/mol. The third-order valence-electron chi connectivity index (χ3n) is 0.604. The van der Waals surface area contributed by atoms with Crippen molar-refractivity contribution >= 4 is 10.1 Å². The van der Waals surface area contributed by atoms with Crippen LogP contribution in [0.5, 0.6) is 0 Å². The molecule has 0 amide bonds. The SMILES string of the molecule is O=S(=O)(O)c1conn1.[H-].[Li+]. The van der Waals surface area contributed by atoms with Crippen LogP contribution in [0.15, 0.2) is 15.8 Å². The van der Waals surface area contributed by atoms with E-state index in [4.69, 9.17) is 4.55 Å². The zero-order chi connectivity index (χ0) is 6.91. The second-order valence-corrected chi connectivity index (χ2v) is 2.59. The van der Waals surface area contributed by atoms with Crippen molar-refractivity contribution in [1.29, 1.82) is 0 Å². The van der Waals surface area contributed by atoms with Gasteiger partial charge in [-0.25, -0.2) is 0 Å². The van der Waals surface area contributed by atoms with Gasteiger partial charge in [-0.15, -0.1) is 0 Å². The minimum Gasteiger partial charge on any atom is -1.00 e. The van der Waals surface area contributed by atoms with Crippen LogP contribution in [0, 0.1) is 0 Å². The average Bonchev–Trinajstić information content (AvgIpc) is 2.08. The molecule has 0 saturated carbocycles. The molecule has 0 atom stereocenters. The third-order valence-corrected chi connectivity index (χ3v) is 1.31. The minimum absolute atomic E-state index is 0. The summed E-state index contributed by atoms with van der Waals surface area (Å²) in [4.78, 5) is 0. The van der Waals surface area contributed by atoms with Gasteiger partial charge in [0, 0.05) is 5.27 Å². The first-order valence-electron chi connectivity index (χ1n) is 1.85. The van der Waals surface area contributed by atoms with Gasteiger partial charge in [0.1, 0.15) is 0 Å². The Kier molecular flexibility index (Phi) is 3.05. The molecule has 0 aliphatic carbocycles. The molecule has 0 aliphatic heterocycles. The summed E-state index contributed by atoms with van der Waals surface area (Å²) in [5.41, 5.74) is 0. The molecule has 0 fully saturated rings. The van der Waals surface area contributed by atoms with Gasteiger partial charge < -0.3 is 5.95 Å². The largest absolute Gasteiger partial charge is 1.00 e. The van der Waals surface area contributed by atoms with Crippen molar-refractivity contribution in [3.8, 4) is 0 Å². The molecule has 52 valence electrons. The smallest absolute Gasteiger partial charge is 1.00 e. The Hall–Kier alpha value is -0.353. The predicted octanol–water partition coefficient (Wildman–Crippen LogP) is -3.57. The van der Waals surface area contributed by atoms with Crippen molar-refractivity contribution in [2.24, 2.45) is 0 Å². The van der Waals surface area contributed by atoms with Gasteiger partial charge in [-0.2, -0.15) is 8.42 Å². The van der Waals surface area contributed by atoms with Crippen LogP contribution in [0.3, 0.4) is 0 Å². The molecule has 0 aromatic carbocycles. The molecule has 10 heavy (non-hydrogen) atoms. The van der Waals surface area contributed by atoms with Crippen LogP contribution in [0.1, 0.15) is 1.43 Å². The summed E-state index contributed by atoms with van der Waals surface area (Å²) in [7, 11) is -4.23. The van der Waals surface area contributed by atoms with Crippen molar-refractivity contribution in [3.05, 3.63) is 6.26 Å². The fraction of sp³-hybridized carbons (Fsp3) is 0. The molecule has 1 aromatic heterocycles. The molecule has 0 spiro atoms. The standard InChI is InChI=1S/C2H2N2O4S.Li.H/c5-9(6,7)2-1-8-4-3-2;;/h1H,(H,5,6,7);;/q;+1;-1. The molecular weight excluding hydrogens is 155 g/mol. The Morgan fingerprint density at radius 1 is 1.70 bits per heavy atom. The van der Waals surface area contributed by atoms with Gasteiger partial charge in [0.05, 0.1) is 0 Å². The van der Waals surface area contributed by atoms with Crippen LogP contribution >= 0.6 is 0 Å². The van der Waals surface area contributed by atoms with Crippen molar-refractivity contribution in [1.82, 2.24) is 10.4 Å². The van der Waals surface area contributed by atoms with Gasteiger partial charge >= 0.3 is 29.0 Å². The summed E-state index contributed by atoms with van der Waals surface area (Å²) < 4.78 is 32.4. The minimum atomic E-state index is -4.23. The maximum Gasteiger partial charge on any atom is 1.00 e. The van der Waals surface area contributed by atoms with Crippen molar-refractivity contribution in [2.45, 2.75) is 5.03 Å². The maximum absolute atomic E-state index is 10.1. The molecule has 8 heteroatoms. The fourth-order valence-corrected chi connectivity index (χ4v) is 0.570. The number of hydrogen-bond acceptors (Lipinski definition) is 5. The van der Waals surface area contributed by atoms with E-state index < -0.39 is 15.1 Å². The Morgan fingerprint density at radius 3 is 2.50 bits per heavy atom. The molecule has 1 rings (SSSR count). The van der Waals surface area contributed by atoms with Gasteiger partial charge in [-0.1, -0.05) is 5.10 Å². The number of rotatable bonds is 1. The van der Waals surface area contributed by atoms with E-state index in [1.165, 1.54) is 0 Å². The van der Waals surface area contributed by atoms with E-state index >= 15 is 0 Å². The van der Waals surface area contributed by atoms with Gasteiger partial charge in [0.25, 0.3) is 0 Å². The quantitative estimate of drug-likeness (QED) is 0.335. The monoisotopic (exact) mass is 158 g/mol. The average molecular weight is 158 g/mol. The zero-order valence-electron chi connectivity index (χ0n) is 6.05. The molecule has 6 nitrogen and oxygen atoms in total. The van der Waals surface area contributed by atoms with Crippen LogP contribution in [0.25, 0.3) is 0 Å². The Balaban J connectivity index is 0. The molecule has 0 bridgehead atoms. The Labute approximate surface area is 70.0 Å². The zero-order valence-corrected chi connectivity index (χ0v) is 5.87. The molecule has 0 aliphatic rings. The van der Waals surface area contributed by atoms with Gasteiger partial charge in [-0.3, -0.25) is 4.55 Å². The first-order chi connectivity index (χ1) is 4.11. The number of aromatic nitrogens is 2. The normalized spacial score (nSPS) is 10.5. The molecule has 1 N–H and O–H groups in total. The number of hydrogen-bond donors (Lipinski definition) is 1. The number of nitrogens with zero attached hydrogens (tertiary/aromatic N) is 2. The molecule has 1 aromatic rings. The van der Waals surface area contributed by atoms with Gasteiger partial charge in [0.2, 0.25) is 5.03 Å². The van der Waals surface area contributed by atoms with Crippen LogP contribution in [0.4, 0.5) is 0 Å². The van der Waals surface area contributed by atoms with E-state index in [1.54, 1.807) is 0 Å². The van der Waals surface area contributed by atoms with E-state index in [2.05, 4.69) is 14.9 Å². The van der Waals surface area contributed by atoms with Gasteiger partial charge in [0.15, 0.2) is 6.26 Å². The Morgan fingerprint density at radius 2 is 2.30 bits per heavy atom. The summed E-state index contributed by atoms with van der Waals surface area (Å²) in [5, 5.41) is 5.18. The fourth-order valence-electron chi connectivity index (χ4n) is 0.268. The van der Waals surface area contributed by atoms with Crippen LogP contribution in [0.2, 0.25) is 0 Å². The van der Waals surface area contributed by atoms with Crippen molar-refractivity contribution < 1.29 is 37.8 Å². The molecule has 0 saturated heterocycles. The van der Waals surface area contributed by atoms with Crippen LogP contribution < -0.4 is 18.9 Å². The van der Waals surface area contributed by atoms with Crippen molar-refractivity contribution in [3.63, 3.8) is 0 Å². The second-order valence-electron chi connectivity index (χ2n) is 1.22. The summed E-state index contributed by atoms with van der Waals surface area (Å²) in [6, 6.07) is 0. The van der Waals surface area contributed by atoms with E-state index in [-0.39, 0.29) is 20.3 Å². The molecule has 0 radical (unpaired) electrons. The van der Waals surface area contributed by atoms with E-state index in [1.807, 2.05) is 0 Å². The molecule has 1 heterocycles. The maximum atomic E-state index is 10.1. The van der Waals surface area contributed by atoms with E-state index in [9.17, 15) is 8.42 Å². The first kappa shape index (κ1) is 9.65. The summed E-state index contributed by atoms with van der Waals surface area (Å²) in [5.74, 6) is 0. The Bertz CT molecular complexity index is 283. The van der Waals surface area contributed by atoms with Crippen molar-refractivity contribution in [2.75, 3.05) is 0 Å². The van der Waals surface area contributed by atoms with E-state index in [0.29, 0.717) is 0 Å². The van der Waals surface area contributed by atoms with Crippen LogP contribution in [-0.4, -0.2) is 23.3 Å². The summed E-state index contributed by atoms with van der Waals surface area (Å²) in [6.45, 7) is 0. The molecule has 0 unspecified atom stereocenters. The second kappa shape index (κ2) is 3.16. The van der Waals surface area contributed by atoms with Gasteiger partial charge in [-0.05, 0) is 0 Å². The topological polar surface area (TPSA) is 93.3 Å². The molecular formula is C2H3LiN2O4S. The summed E-state index contributed by atoms with van der Waals surface area (Å²) >= 11 is 0. The first-order valence-corrected chi connectivity index (χ1v) is 3.29. The van der Waals surface area contributed by atoms with E-state index in [0.717, 1.165) is 6.26 Å². The summed E-state index contributed by atoms with van der Waals surface area (Å²) in [6.07, 6.45) is 0.731. The third kappa shape index (κ3) is 2.11.